The predicted molar refractivity (Wildman–Crippen MR) is 56.3 cm³/mol. The van der Waals surface area contributed by atoms with Crippen LogP contribution in [-0.4, -0.2) is 18.4 Å². The van der Waals surface area contributed by atoms with Gasteiger partial charge in [-0.2, -0.15) is 0 Å². The van der Waals surface area contributed by atoms with Gasteiger partial charge in [0.15, 0.2) is 0 Å². The second kappa shape index (κ2) is 5.67. The molecule has 0 aliphatic carbocycles. The Morgan fingerprint density at radius 3 is 2.27 bits per heavy atom. The van der Waals surface area contributed by atoms with Gasteiger partial charge in [-0.15, -0.1) is 24.8 Å². The van der Waals surface area contributed by atoms with Crippen LogP contribution in [0.25, 0.3) is 0 Å². The Hall–Kier alpha value is 0.0500. The molecule has 0 bridgehead atoms. The van der Waals surface area contributed by atoms with Crippen LogP contribution >= 0.6 is 24.8 Å². The van der Waals surface area contributed by atoms with E-state index in [1.165, 1.54) is 5.84 Å². The van der Waals surface area contributed by atoms with E-state index in [9.17, 15) is 0 Å². The molecule has 1 unspecified atom stereocenters. The third-order valence-corrected chi connectivity index (χ3v) is 1.48. The fourth-order valence-electron chi connectivity index (χ4n) is 0.928. The molecular weight excluding hydrogens is 183 g/mol. The van der Waals surface area contributed by atoms with Crippen LogP contribution in [0.3, 0.4) is 0 Å². The standard InChI is InChI=1S/C7H14N2.2ClH.H2/c1-5(2)7-8-4-6(3)9-7;;;/h5-6H,4H2,1-3H3,(H,8,9);3*1H. The highest BCUT2D eigenvalue weighted by Gasteiger charge is 2.13. The first-order chi connectivity index (χ1) is 4.20. The molecule has 0 saturated heterocycles. The van der Waals surface area contributed by atoms with Gasteiger partial charge >= 0.3 is 0 Å². The van der Waals surface area contributed by atoms with Crippen molar-refractivity contribution in [2.45, 2.75) is 26.8 Å². The van der Waals surface area contributed by atoms with Crippen LogP contribution < -0.4 is 5.32 Å². The number of nitrogens with zero attached hydrogens (tertiary/aromatic N) is 1. The molecule has 1 aliphatic rings. The summed E-state index contributed by atoms with van der Waals surface area (Å²) in [6.07, 6.45) is 0. The van der Waals surface area contributed by atoms with Gasteiger partial charge in [-0.05, 0) is 6.92 Å². The summed E-state index contributed by atoms with van der Waals surface area (Å²) in [6.45, 7) is 7.42. The van der Waals surface area contributed by atoms with Gasteiger partial charge in [0.2, 0.25) is 0 Å². The molecule has 0 aromatic heterocycles. The quantitative estimate of drug-likeness (QED) is 0.690. The number of halogens is 2. The van der Waals surface area contributed by atoms with Gasteiger partial charge in [-0.3, -0.25) is 4.99 Å². The number of aliphatic imine (C=N–C) groups is 1. The SMILES string of the molecule is CC1CN=C(C(C)C)N1.Cl.Cl.[HH]. The number of amidine groups is 1. The molecule has 4 heteroatoms. The van der Waals surface area contributed by atoms with Crippen molar-refractivity contribution in [2.75, 3.05) is 6.54 Å². The van der Waals surface area contributed by atoms with Crippen LogP contribution in [0.15, 0.2) is 4.99 Å². The molecule has 0 radical (unpaired) electrons. The molecule has 0 saturated carbocycles. The largest absolute Gasteiger partial charge is 0.369 e. The molecule has 2 nitrogen and oxygen atoms in total. The lowest BCUT2D eigenvalue weighted by Crippen LogP contribution is -2.30. The van der Waals surface area contributed by atoms with Crippen molar-refractivity contribution in [3.05, 3.63) is 0 Å². The van der Waals surface area contributed by atoms with Crippen molar-refractivity contribution in [3.8, 4) is 0 Å². The van der Waals surface area contributed by atoms with Gasteiger partial charge in [0.25, 0.3) is 0 Å². The van der Waals surface area contributed by atoms with Gasteiger partial charge in [0.05, 0.1) is 12.4 Å². The molecule has 0 fully saturated rings. The van der Waals surface area contributed by atoms with E-state index in [1.54, 1.807) is 0 Å². The lowest BCUT2D eigenvalue weighted by Gasteiger charge is -2.07. The molecule has 0 aromatic rings. The first-order valence-electron chi connectivity index (χ1n) is 3.51. The van der Waals surface area contributed by atoms with E-state index < -0.39 is 0 Å². The molecule has 1 rings (SSSR count). The lowest BCUT2D eigenvalue weighted by atomic mass is 10.2. The summed E-state index contributed by atoms with van der Waals surface area (Å²) in [4.78, 5) is 4.32. The van der Waals surface area contributed by atoms with Gasteiger partial charge in [-0.1, -0.05) is 13.8 Å². The summed E-state index contributed by atoms with van der Waals surface area (Å²) in [7, 11) is 0. The van der Waals surface area contributed by atoms with E-state index in [1.807, 2.05) is 0 Å². The number of hydrogen-bond donors (Lipinski definition) is 1. The molecular formula is C7H18Cl2N2. The third kappa shape index (κ3) is 3.82. The molecule has 0 spiro atoms. The molecule has 1 N–H and O–H groups in total. The van der Waals surface area contributed by atoms with Crippen LogP contribution in [0, 0.1) is 5.92 Å². The van der Waals surface area contributed by atoms with E-state index in [0.717, 1.165) is 6.54 Å². The highest BCUT2D eigenvalue weighted by atomic mass is 35.5. The van der Waals surface area contributed by atoms with E-state index in [0.29, 0.717) is 12.0 Å². The van der Waals surface area contributed by atoms with Crippen molar-refractivity contribution in [1.29, 1.82) is 0 Å². The van der Waals surface area contributed by atoms with E-state index >= 15 is 0 Å². The van der Waals surface area contributed by atoms with Gasteiger partial charge in [-0.25, -0.2) is 0 Å². The highest BCUT2D eigenvalue weighted by Crippen LogP contribution is 2.02. The Morgan fingerprint density at radius 2 is 2.09 bits per heavy atom. The van der Waals surface area contributed by atoms with E-state index in [4.69, 9.17) is 0 Å². The molecule has 70 valence electrons. The van der Waals surface area contributed by atoms with Crippen LogP contribution in [0.1, 0.15) is 22.2 Å². The van der Waals surface area contributed by atoms with Crippen LogP contribution in [0.4, 0.5) is 0 Å². The maximum atomic E-state index is 4.32. The maximum absolute atomic E-state index is 4.32. The zero-order chi connectivity index (χ0) is 6.85. The number of hydrogen-bond acceptors (Lipinski definition) is 2. The van der Waals surface area contributed by atoms with Gasteiger partial charge in [0, 0.05) is 13.4 Å². The first-order valence-corrected chi connectivity index (χ1v) is 3.51. The zero-order valence-corrected chi connectivity index (χ0v) is 8.76. The summed E-state index contributed by atoms with van der Waals surface area (Å²) in [5.41, 5.74) is 0. The average Bonchev–Trinajstić information content (AvgIpc) is 2.14. The minimum absolute atomic E-state index is 0. The van der Waals surface area contributed by atoms with Crippen molar-refractivity contribution in [3.63, 3.8) is 0 Å². The summed E-state index contributed by atoms with van der Waals surface area (Å²) in [5, 5.41) is 3.30. The van der Waals surface area contributed by atoms with Crippen molar-refractivity contribution in [1.82, 2.24) is 5.32 Å². The Kier molecular flexibility index (Phi) is 7.02. The minimum atomic E-state index is 0. The Labute approximate surface area is 82.2 Å². The van der Waals surface area contributed by atoms with Crippen LogP contribution in [0.5, 0.6) is 0 Å². The smallest absolute Gasteiger partial charge is 0.0992 e. The third-order valence-electron chi connectivity index (χ3n) is 1.48. The first kappa shape index (κ1) is 13.6. The van der Waals surface area contributed by atoms with E-state index in [2.05, 4.69) is 31.1 Å². The summed E-state index contributed by atoms with van der Waals surface area (Å²) < 4.78 is 0. The fraction of sp³-hybridized carbons (Fsp3) is 0.857. The maximum Gasteiger partial charge on any atom is 0.0992 e. The molecule has 0 amide bonds. The monoisotopic (exact) mass is 200 g/mol. The van der Waals surface area contributed by atoms with Crippen LogP contribution in [0.2, 0.25) is 0 Å². The number of nitrogens with one attached hydrogen (secondary N) is 1. The topological polar surface area (TPSA) is 24.4 Å². The summed E-state index contributed by atoms with van der Waals surface area (Å²) >= 11 is 0. The van der Waals surface area contributed by atoms with Crippen molar-refractivity contribution >= 4 is 30.6 Å². The minimum Gasteiger partial charge on any atom is -0.369 e. The molecule has 1 aliphatic heterocycles. The lowest BCUT2D eigenvalue weighted by molar-refractivity contribution is 0.708. The van der Waals surface area contributed by atoms with Crippen molar-refractivity contribution in [2.24, 2.45) is 10.9 Å². The second-order valence-electron chi connectivity index (χ2n) is 2.93. The Morgan fingerprint density at radius 1 is 1.55 bits per heavy atom. The van der Waals surface area contributed by atoms with Gasteiger partial charge < -0.3 is 5.32 Å². The average molecular weight is 201 g/mol. The summed E-state index contributed by atoms with van der Waals surface area (Å²) in [6, 6.07) is 0.558. The second-order valence-corrected chi connectivity index (χ2v) is 2.93. The van der Waals surface area contributed by atoms with E-state index in [-0.39, 0.29) is 26.2 Å². The number of rotatable bonds is 1. The Balaban J connectivity index is -0.000000270. The fourth-order valence-corrected chi connectivity index (χ4v) is 0.928. The summed E-state index contributed by atoms with van der Waals surface area (Å²) in [5.74, 6) is 1.73. The van der Waals surface area contributed by atoms with Crippen LogP contribution in [-0.2, 0) is 0 Å². The molecule has 0 aromatic carbocycles. The Bertz CT molecular complexity index is 139. The highest BCUT2D eigenvalue weighted by molar-refractivity contribution is 5.86. The van der Waals surface area contributed by atoms with Gasteiger partial charge in [0.1, 0.15) is 0 Å². The zero-order valence-electron chi connectivity index (χ0n) is 7.13. The molecule has 1 heterocycles. The van der Waals surface area contributed by atoms with Crippen molar-refractivity contribution < 1.29 is 1.43 Å². The molecule has 11 heavy (non-hydrogen) atoms. The normalized spacial score (nSPS) is 21.5. The molecule has 1 atom stereocenters. The predicted octanol–water partition coefficient (Wildman–Crippen LogP) is 2.12.